The number of ether oxygens (including phenoxy) is 1. The second kappa shape index (κ2) is 7.95. The van der Waals surface area contributed by atoms with Crippen LogP contribution >= 0.6 is 0 Å². The van der Waals surface area contributed by atoms with E-state index in [1.807, 2.05) is 6.92 Å². The molecular formula is C14H20F4N2O. The number of halogens is 4. The van der Waals surface area contributed by atoms with Gasteiger partial charge < -0.3 is 15.8 Å². The topological polar surface area (TPSA) is 47.3 Å². The molecule has 0 saturated heterocycles. The van der Waals surface area contributed by atoms with Crippen LogP contribution in [0.3, 0.4) is 0 Å². The van der Waals surface area contributed by atoms with Crippen LogP contribution in [0, 0.1) is 5.82 Å². The van der Waals surface area contributed by atoms with Gasteiger partial charge in [-0.3, -0.25) is 0 Å². The van der Waals surface area contributed by atoms with Gasteiger partial charge >= 0.3 is 6.18 Å². The molecule has 0 aromatic heterocycles. The van der Waals surface area contributed by atoms with E-state index >= 15 is 0 Å². The summed E-state index contributed by atoms with van der Waals surface area (Å²) in [4.78, 5) is 0. The van der Waals surface area contributed by atoms with Gasteiger partial charge in [0.25, 0.3) is 0 Å². The molecule has 0 aliphatic rings. The quantitative estimate of drug-likeness (QED) is 0.426. The van der Waals surface area contributed by atoms with Crippen molar-refractivity contribution in [1.82, 2.24) is 0 Å². The van der Waals surface area contributed by atoms with Gasteiger partial charge in [0.2, 0.25) is 0 Å². The number of unbranched alkanes of at least 4 members (excludes halogenated alkanes) is 1. The zero-order valence-electron chi connectivity index (χ0n) is 11.9. The first-order valence-corrected chi connectivity index (χ1v) is 6.86. The van der Waals surface area contributed by atoms with Crippen molar-refractivity contribution in [3.05, 3.63) is 17.9 Å². The third-order valence-electron chi connectivity index (χ3n) is 2.77. The average Bonchev–Trinajstić information content (AvgIpc) is 2.38. The summed E-state index contributed by atoms with van der Waals surface area (Å²) >= 11 is 0. The third kappa shape index (κ3) is 6.55. The van der Waals surface area contributed by atoms with E-state index in [0.717, 1.165) is 12.5 Å². The monoisotopic (exact) mass is 308 g/mol. The normalized spacial score (nSPS) is 11.5. The summed E-state index contributed by atoms with van der Waals surface area (Å²) in [5.41, 5.74) is 6.33. The van der Waals surface area contributed by atoms with E-state index in [1.165, 1.54) is 6.07 Å². The first kappa shape index (κ1) is 17.4. The molecule has 3 N–H and O–H groups in total. The van der Waals surface area contributed by atoms with Gasteiger partial charge in [-0.2, -0.15) is 13.2 Å². The van der Waals surface area contributed by atoms with Crippen molar-refractivity contribution in [1.29, 1.82) is 0 Å². The molecule has 7 heteroatoms. The lowest BCUT2D eigenvalue weighted by atomic mass is 10.2. The molecule has 0 aliphatic heterocycles. The van der Waals surface area contributed by atoms with Crippen molar-refractivity contribution in [3.8, 4) is 5.75 Å². The number of anilines is 2. The Balaban J connectivity index is 2.50. The van der Waals surface area contributed by atoms with Crippen LogP contribution < -0.4 is 15.8 Å². The number of nitrogens with two attached hydrogens (primary N) is 1. The average molecular weight is 308 g/mol. The number of hydrogen-bond donors (Lipinski definition) is 2. The van der Waals surface area contributed by atoms with Gasteiger partial charge in [-0.25, -0.2) is 4.39 Å². The molecule has 0 radical (unpaired) electrons. The minimum absolute atomic E-state index is 0.0385. The molecule has 0 amide bonds. The van der Waals surface area contributed by atoms with Gasteiger partial charge in [0.15, 0.2) is 11.6 Å². The van der Waals surface area contributed by atoms with E-state index in [4.69, 9.17) is 10.5 Å². The van der Waals surface area contributed by atoms with Gasteiger partial charge in [0, 0.05) is 25.1 Å². The lowest BCUT2D eigenvalue weighted by molar-refractivity contribution is -0.135. The third-order valence-corrected chi connectivity index (χ3v) is 2.77. The maximum absolute atomic E-state index is 13.6. The Kier molecular flexibility index (Phi) is 6.58. The predicted octanol–water partition coefficient (Wildman–Crippen LogP) is 4.34. The van der Waals surface area contributed by atoms with Gasteiger partial charge in [0.1, 0.15) is 0 Å². The summed E-state index contributed by atoms with van der Waals surface area (Å²) in [5.74, 6) is -0.465. The van der Waals surface area contributed by atoms with Crippen LogP contribution in [0.5, 0.6) is 5.75 Å². The van der Waals surface area contributed by atoms with Crippen molar-refractivity contribution < 1.29 is 22.3 Å². The van der Waals surface area contributed by atoms with Crippen molar-refractivity contribution in [2.75, 3.05) is 24.2 Å². The highest BCUT2D eigenvalue weighted by Crippen LogP contribution is 2.28. The second-order valence-electron chi connectivity index (χ2n) is 4.72. The molecule has 0 aliphatic carbocycles. The van der Waals surface area contributed by atoms with Gasteiger partial charge in [0.05, 0.1) is 18.0 Å². The van der Waals surface area contributed by atoms with E-state index in [9.17, 15) is 17.6 Å². The zero-order chi connectivity index (χ0) is 15.9. The summed E-state index contributed by atoms with van der Waals surface area (Å²) in [6.45, 7) is 2.61. The second-order valence-corrected chi connectivity index (χ2v) is 4.72. The molecule has 0 heterocycles. The molecule has 0 saturated carbocycles. The Bertz CT molecular complexity index is 449. The smallest absolute Gasteiger partial charge is 0.389 e. The summed E-state index contributed by atoms with van der Waals surface area (Å²) in [5, 5.41) is 2.90. The Morgan fingerprint density at radius 2 is 1.95 bits per heavy atom. The van der Waals surface area contributed by atoms with E-state index < -0.39 is 18.4 Å². The van der Waals surface area contributed by atoms with Crippen molar-refractivity contribution in [2.45, 2.75) is 38.8 Å². The van der Waals surface area contributed by atoms with Gasteiger partial charge in [-0.15, -0.1) is 0 Å². The molecule has 1 rings (SSSR count). The maximum atomic E-state index is 13.6. The molecule has 0 fully saturated rings. The van der Waals surface area contributed by atoms with Crippen molar-refractivity contribution in [2.24, 2.45) is 0 Å². The van der Waals surface area contributed by atoms with Crippen LogP contribution in [0.25, 0.3) is 0 Å². The molecule has 3 nitrogen and oxygen atoms in total. The number of hydrogen-bond acceptors (Lipinski definition) is 3. The molecule has 21 heavy (non-hydrogen) atoms. The Morgan fingerprint density at radius 1 is 1.24 bits per heavy atom. The molecule has 120 valence electrons. The highest BCUT2D eigenvalue weighted by atomic mass is 19.4. The van der Waals surface area contributed by atoms with Crippen LogP contribution in [-0.4, -0.2) is 19.3 Å². The first-order valence-electron chi connectivity index (χ1n) is 6.86. The van der Waals surface area contributed by atoms with E-state index in [1.54, 1.807) is 0 Å². The SMILES string of the molecule is CCCOc1cc(NCCCCC(F)(F)F)c(N)cc1F. The summed E-state index contributed by atoms with van der Waals surface area (Å²) < 4.78 is 54.8. The molecule has 0 unspecified atom stereocenters. The van der Waals surface area contributed by atoms with Crippen LogP contribution in [0.15, 0.2) is 12.1 Å². The highest BCUT2D eigenvalue weighted by molar-refractivity contribution is 5.68. The lowest BCUT2D eigenvalue weighted by Gasteiger charge is -2.13. The molecule has 0 bridgehead atoms. The Hall–Kier alpha value is -1.66. The Morgan fingerprint density at radius 3 is 2.57 bits per heavy atom. The fraction of sp³-hybridized carbons (Fsp3) is 0.571. The standard InChI is InChI=1S/C14H20F4N2O/c1-2-7-21-13-9-12(11(19)8-10(13)15)20-6-4-3-5-14(16,17)18/h8-9,20H,2-7,19H2,1H3. The van der Waals surface area contributed by atoms with Gasteiger partial charge in [-0.1, -0.05) is 6.92 Å². The highest BCUT2D eigenvalue weighted by Gasteiger charge is 2.25. The van der Waals surface area contributed by atoms with Crippen LogP contribution in [0.1, 0.15) is 32.6 Å². The molecule has 1 aromatic carbocycles. The lowest BCUT2D eigenvalue weighted by Crippen LogP contribution is -2.09. The largest absolute Gasteiger partial charge is 0.490 e. The van der Waals surface area contributed by atoms with Crippen LogP contribution in [0.4, 0.5) is 28.9 Å². The van der Waals surface area contributed by atoms with Crippen LogP contribution in [-0.2, 0) is 0 Å². The van der Waals surface area contributed by atoms with Crippen molar-refractivity contribution in [3.63, 3.8) is 0 Å². The van der Waals surface area contributed by atoms with E-state index in [2.05, 4.69) is 5.32 Å². The maximum Gasteiger partial charge on any atom is 0.389 e. The fourth-order valence-corrected chi connectivity index (χ4v) is 1.72. The van der Waals surface area contributed by atoms with E-state index in [0.29, 0.717) is 25.3 Å². The molecular weight excluding hydrogens is 288 g/mol. The Labute approximate surface area is 121 Å². The van der Waals surface area contributed by atoms with Crippen molar-refractivity contribution >= 4 is 11.4 Å². The number of benzene rings is 1. The minimum atomic E-state index is -4.13. The fourth-order valence-electron chi connectivity index (χ4n) is 1.72. The zero-order valence-corrected chi connectivity index (χ0v) is 11.9. The summed E-state index contributed by atoms with van der Waals surface area (Å²) in [7, 11) is 0. The number of alkyl halides is 3. The summed E-state index contributed by atoms with van der Waals surface area (Å²) in [6, 6.07) is 2.58. The summed E-state index contributed by atoms with van der Waals surface area (Å²) in [6.07, 6.45) is -3.81. The number of nitrogen functional groups attached to an aromatic ring is 1. The molecule has 0 atom stereocenters. The van der Waals surface area contributed by atoms with Crippen LogP contribution in [0.2, 0.25) is 0 Å². The predicted molar refractivity (Wildman–Crippen MR) is 75.0 cm³/mol. The molecule has 1 aromatic rings. The van der Waals surface area contributed by atoms with E-state index in [-0.39, 0.29) is 17.9 Å². The van der Waals surface area contributed by atoms with Gasteiger partial charge in [-0.05, 0) is 19.3 Å². The first-order chi connectivity index (χ1) is 9.83. The number of nitrogens with one attached hydrogen (secondary N) is 1. The molecule has 0 spiro atoms. The minimum Gasteiger partial charge on any atom is -0.490 e. The number of rotatable bonds is 8.